The fourth-order valence-corrected chi connectivity index (χ4v) is 1.88. The average molecular weight is 220 g/mol. The molecule has 0 aliphatic rings. The van der Waals surface area contributed by atoms with Crippen LogP contribution in [0.25, 0.3) is 0 Å². The van der Waals surface area contributed by atoms with Crippen molar-refractivity contribution in [3.8, 4) is 0 Å². The Morgan fingerprint density at radius 1 is 1.31 bits per heavy atom. The molecule has 1 atom stereocenters. The van der Waals surface area contributed by atoms with Gasteiger partial charge in [-0.15, -0.1) is 0 Å². The van der Waals surface area contributed by atoms with Crippen LogP contribution in [-0.2, 0) is 0 Å². The van der Waals surface area contributed by atoms with Crippen LogP contribution in [0.3, 0.4) is 0 Å². The molecule has 0 aliphatic carbocycles. The van der Waals surface area contributed by atoms with Crippen LogP contribution in [0.2, 0.25) is 0 Å². The highest BCUT2D eigenvalue weighted by molar-refractivity contribution is 5.52. The molecule has 0 saturated heterocycles. The van der Waals surface area contributed by atoms with Crippen LogP contribution in [0.5, 0.6) is 0 Å². The Bertz CT molecular complexity index is 309. The smallest absolute Gasteiger partial charge is 0.0372 e. The Labute approximate surface area is 99.7 Å². The first kappa shape index (κ1) is 13.0. The Morgan fingerprint density at radius 3 is 2.62 bits per heavy atom. The van der Waals surface area contributed by atoms with Gasteiger partial charge >= 0.3 is 0 Å². The van der Waals surface area contributed by atoms with Crippen molar-refractivity contribution in [2.45, 2.75) is 26.2 Å². The number of hydrogen-bond acceptors (Lipinski definition) is 2. The van der Waals surface area contributed by atoms with Crippen LogP contribution in [0, 0.1) is 0 Å². The highest BCUT2D eigenvalue weighted by Gasteiger charge is 2.09. The third kappa shape index (κ3) is 3.53. The first-order chi connectivity index (χ1) is 7.69. The van der Waals surface area contributed by atoms with Crippen molar-refractivity contribution in [1.82, 2.24) is 4.90 Å². The molecule has 1 unspecified atom stereocenters. The first-order valence-corrected chi connectivity index (χ1v) is 6.14. The van der Waals surface area contributed by atoms with Gasteiger partial charge in [-0.1, -0.05) is 32.0 Å². The van der Waals surface area contributed by atoms with Crippen molar-refractivity contribution >= 4 is 5.69 Å². The maximum Gasteiger partial charge on any atom is 0.0372 e. The van der Waals surface area contributed by atoms with Gasteiger partial charge in [0.1, 0.15) is 0 Å². The predicted octanol–water partition coefficient (Wildman–Crippen LogP) is 3.17. The van der Waals surface area contributed by atoms with E-state index in [1.807, 2.05) is 7.05 Å². The highest BCUT2D eigenvalue weighted by atomic mass is 15.1. The van der Waals surface area contributed by atoms with Crippen molar-refractivity contribution in [2.24, 2.45) is 0 Å². The molecule has 0 radical (unpaired) electrons. The molecule has 0 saturated carbocycles. The maximum absolute atomic E-state index is 3.26. The van der Waals surface area contributed by atoms with Gasteiger partial charge in [-0.2, -0.15) is 0 Å². The summed E-state index contributed by atoms with van der Waals surface area (Å²) in [5.74, 6) is 0.609. The van der Waals surface area contributed by atoms with Crippen molar-refractivity contribution in [3.05, 3.63) is 29.8 Å². The Hall–Kier alpha value is -1.02. The van der Waals surface area contributed by atoms with Crippen molar-refractivity contribution in [3.63, 3.8) is 0 Å². The zero-order chi connectivity index (χ0) is 12.0. The summed E-state index contributed by atoms with van der Waals surface area (Å²) in [4.78, 5) is 2.36. The van der Waals surface area contributed by atoms with E-state index in [4.69, 9.17) is 0 Å². The van der Waals surface area contributed by atoms with Gasteiger partial charge in [0.15, 0.2) is 0 Å². The maximum atomic E-state index is 3.26. The zero-order valence-corrected chi connectivity index (χ0v) is 11.0. The number of rotatable bonds is 6. The number of hydrogen-bond donors (Lipinski definition) is 1. The van der Waals surface area contributed by atoms with E-state index < -0.39 is 0 Å². The lowest BCUT2D eigenvalue weighted by Gasteiger charge is -2.19. The third-order valence-corrected chi connectivity index (χ3v) is 3.24. The molecule has 1 aromatic carbocycles. The van der Waals surface area contributed by atoms with Gasteiger partial charge in [0.2, 0.25) is 0 Å². The fourth-order valence-electron chi connectivity index (χ4n) is 1.88. The van der Waals surface area contributed by atoms with E-state index in [-0.39, 0.29) is 0 Å². The Kier molecular flexibility index (Phi) is 5.33. The standard InChI is InChI=1S/C14H24N2/c1-5-16(4)11-10-12(2)13-8-6-7-9-14(13)15-3/h6-9,12,15H,5,10-11H2,1-4H3. The number of anilines is 1. The number of benzene rings is 1. The summed E-state index contributed by atoms with van der Waals surface area (Å²) in [6.45, 7) is 6.79. The lowest BCUT2D eigenvalue weighted by atomic mass is 9.96. The molecule has 0 aliphatic heterocycles. The zero-order valence-electron chi connectivity index (χ0n) is 11.0. The molecule has 90 valence electrons. The Morgan fingerprint density at radius 2 is 2.00 bits per heavy atom. The van der Waals surface area contributed by atoms with Gasteiger partial charge in [0, 0.05) is 12.7 Å². The van der Waals surface area contributed by atoms with Crippen LogP contribution in [0.1, 0.15) is 31.7 Å². The normalized spacial score (nSPS) is 12.8. The van der Waals surface area contributed by atoms with E-state index in [0.29, 0.717) is 5.92 Å². The summed E-state index contributed by atoms with van der Waals surface area (Å²) in [6.07, 6.45) is 1.21. The molecule has 16 heavy (non-hydrogen) atoms. The van der Waals surface area contributed by atoms with Crippen LogP contribution >= 0.6 is 0 Å². The van der Waals surface area contributed by atoms with E-state index in [1.165, 1.54) is 17.7 Å². The molecule has 0 spiro atoms. The molecule has 0 heterocycles. The topological polar surface area (TPSA) is 15.3 Å². The van der Waals surface area contributed by atoms with Gasteiger partial charge in [0.05, 0.1) is 0 Å². The molecule has 1 rings (SSSR count). The molecule has 0 aromatic heterocycles. The predicted molar refractivity (Wildman–Crippen MR) is 72.2 cm³/mol. The summed E-state index contributed by atoms with van der Waals surface area (Å²) in [5.41, 5.74) is 2.68. The summed E-state index contributed by atoms with van der Waals surface area (Å²) in [6, 6.07) is 8.58. The molecule has 1 aromatic rings. The fraction of sp³-hybridized carbons (Fsp3) is 0.571. The van der Waals surface area contributed by atoms with E-state index in [0.717, 1.165) is 13.1 Å². The summed E-state index contributed by atoms with van der Waals surface area (Å²) in [7, 11) is 4.17. The average Bonchev–Trinajstić information content (AvgIpc) is 2.35. The molecule has 2 nitrogen and oxygen atoms in total. The Balaban J connectivity index is 2.61. The number of nitrogens with one attached hydrogen (secondary N) is 1. The number of nitrogens with zero attached hydrogens (tertiary/aromatic N) is 1. The molecule has 1 N–H and O–H groups in total. The summed E-state index contributed by atoms with van der Waals surface area (Å²) < 4.78 is 0. The van der Waals surface area contributed by atoms with Gasteiger partial charge in [-0.05, 0) is 44.1 Å². The van der Waals surface area contributed by atoms with Gasteiger partial charge in [-0.25, -0.2) is 0 Å². The summed E-state index contributed by atoms with van der Waals surface area (Å²) >= 11 is 0. The van der Waals surface area contributed by atoms with Gasteiger partial charge in [0.25, 0.3) is 0 Å². The largest absolute Gasteiger partial charge is 0.388 e. The summed E-state index contributed by atoms with van der Waals surface area (Å²) in [5, 5.41) is 3.26. The second-order valence-corrected chi connectivity index (χ2v) is 4.42. The first-order valence-electron chi connectivity index (χ1n) is 6.14. The van der Waals surface area contributed by atoms with E-state index in [2.05, 4.69) is 55.4 Å². The number of para-hydroxylation sites is 1. The molecule has 0 fully saturated rings. The van der Waals surface area contributed by atoms with Gasteiger partial charge < -0.3 is 10.2 Å². The van der Waals surface area contributed by atoms with Crippen LogP contribution in [0.15, 0.2) is 24.3 Å². The minimum Gasteiger partial charge on any atom is -0.388 e. The van der Waals surface area contributed by atoms with Crippen LogP contribution in [0.4, 0.5) is 5.69 Å². The molecule has 0 bridgehead atoms. The monoisotopic (exact) mass is 220 g/mol. The van der Waals surface area contributed by atoms with Crippen LogP contribution in [-0.4, -0.2) is 32.1 Å². The van der Waals surface area contributed by atoms with Crippen molar-refractivity contribution in [1.29, 1.82) is 0 Å². The van der Waals surface area contributed by atoms with Crippen molar-refractivity contribution < 1.29 is 0 Å². The second-order valence-electron chi connectivity index (χ2n) is 4.42. The lowest BCUT2D eigenvalue weighted by Crippen LogP contribution is -2.20. The van der Waals surface area contributed by atoms with Crippen LogP contribution < -0.4 is 5.32 Å². The van der Waals surface area contributed by atoms with Crippen molar-refractivity contribution in [2.75, 3.05) is 32.5 Å². The molecule has 0 amide bonds. The minimum absolute atomic E-state index is 0.609. The van der Waals surface area contributed by atoms with Gasteiger partial charge in [-0.3, -0.25) is 0 Å². The third-order valence-electron chi connectivity index (χ3n) is 3.24. The van der Waals surface area contributed by atoms with E-state index >= 15 is 0 Å². The lowest BCUT2D eigenvalue weighted by molar-refractivity contribution is 0.337. The quantitative estimate of drug-likeness (QED) is 0.792. The second kappa shape index (κ2) is 6.54. The molecule has 2 heteroatoms. The molecular formula is C14H24N2. The van der Waals surface area contributed by atoms with E-state index in [1.54, 1.807) is 0 Å². The SMILES string of the molecule is CCN(C)CCC(C)c1ccccc1NC. The molecular weight excluding hydrogens is 196 g/mol. The highest BCUT2D eigenvalue weighted by Crippen LogP contribution is 2.26. The minimum atomic E-state index is 0.609. The van der Waals surface area contributed by atoms with E-state index in [9.17, 15) is 0 Å².